The SMILES string of the molecule is Cc1ccc2nc(NC(=O)CSc3nnc(N4CCOCC4)n3C3CC3)sc2c1. The maximum atomic E-state index is 12.5. The highest BCUT2D eigenvalue weighted by molar-refractivity contribution is 7.99. The van der Waals surface area contributed by atoms with Crippen LogP contribution < -0.4 is 10.2 Å². The standard InChI is InChI=1S/C19H22N6O2S2/c1-12-2-5-14-15(10-12)29-17(20-14)21-16(26)11-28-19-23-22-18(25(19)13-3-4-13)24-6-8-27-9-7-24/h2,5,10,13H,3-4,6-9,11H2,1H3,(H,20,21,26). The smallest absolute Gasteiger partial charge is 0.236 e. The van der Waals surface area contributed by atoms with Crippen LogP contribution in [0.4, 0.5) is 11.1 Å². The Hall–Kier alpha value is -2.17. The molecule has 8 nitrogen and oxygen atoms in total. The summed E-state index contributed by atoms with van der Waals surface area (Å²) in [6.07, 6.45) is 2.28. The number of ether oxygens (including phenoxy) is 1. The van der Waals surface area contributed by atoms with E-state index in [1.165, 1.54) is 28.7 Å². The Bertz CT molecular complexity index is 1040. The van der Waals surface area contributed by atoms with Crippen LogP contribution in [0.15, 0.2) is 23.4 Å². The van der Waals surface area contributed by atoms with E-state index in [-0.39, 0.29) is 11.7 Å². The zero-order chi connectivity index (χ0) is 19.8. The van der Waals surface area contributed by atoms with Crippen LogP contribution in [-0.4, -0.2) is 57.7 Å². The Labute approximate surface area is 176 Å². The highest BCUT2D eigenvalue weighted by Gasteiger charge is 2.32. The predicted octanol–water partition coefficient (Wildman–Crippen LogP) is 3.10. The molecule has 152 valence electrons. The number of aryl methyl sites for hydroxylation is 1. The summed E-state index contributed by atoms with van der Waals surface area (Å²) in [6, 6.07) is 6.54. The number of morpholine rings is 1. The number of rotatable bonds is 6. The Kier molecular flexibility index (Phi) is 5.15. The number of aromatic nitrogens is 4. The van der Waals surface area contributed by atoms with Gasteiger partial charge in [0, 0.05) is 19.1 Å². The normalized spacial score (nSPS) is 17.1. The summed E-state index contributed by atoms with van der Waals surface area (Å²) in [4.78, 5) is 19.2. The molecule has 1 saturated heterocycles. The molecule has 5 rings (SSSR count). The van der Waals surface area contributed by atoms with Gasteiger partial charge in [-0.15, -0.1) is 10.2 Å². The molecule has 1 N–H and O–H groups in total. The number of thiazole rings is 1. The van der Waals surface area contributed by atoms with Gasteiger partial charge in [-0.05, 0) is 37.5 Å². The fourth-order valence-electron chi connectivity index (χ4n) is 3.37. The largest absolute Gasteiger partial charge is 0.378 e. The summed E-state index contributed by atoms with van der Waals surface area (Å²) in [6.45, 7) is 5.13. The minimum atomic E-state index is -0.0796. The van der Waals surface area contributed by atoms with Gasteiger partial charge in [0.15, 0.2) is 10.3 Å². The molecule has 2 aromatic heterocycles. The summed E-state index contributed by atoms with van der Waals surface area (Å²) >= 11 is 2.93. The van der Waals surface area contributed by atoms with Crippen molar-refractivity contribution in [1.29, 1.82) is 0 Å². The number of hydrogen-bond acceptors (Lipinski definition) is 8. The van der Waals surface area contributed by atoms with Gasteiger partial charge in [0.05, 0.1) is 29.2 Å². The number of anilines is 2. The highest BCUT2D eigenvalue weighted by atomic mass is 32.2. The zero-order valence-electron chi connectivity index (χ0n) is 16.1. The summed E-state index contributed by atoms with van der Waals surface area (Å²) in [5, 5.41) is 13.2. The Morgan fingerprint density at radius 1 is 1.31 bits per heavy atom. The molecule has 3 heterocycles. The van der Waals surface area contributed by atoms with Gasteiger partial charge in [0.2, 0.25) is 11.9 Å². The quantitative estimate of drug-likeness (QED) is 0.602. The predicted molar refractivity (Wildman–Crippen MR) is 115 cm³/mol. The lowest BCUT2D eigenvalue weighted by molar-refractivity contribution is -0.113. The van der Waals surface area contributed by atoms with Crippen LogP contribution in [0.1, 0.15) is 24.4 Å². The van der Waals surface area contributed by atoms with Crippen molar-refractivity contribution < 1.29 is 9.53 Å². The van der Waals surface area contributed by atoms with E-state index in [2.05, 4.69) is 43.0 Å². The van der Waals surface area contributed by atoms with Crippen LogP contribution in [0.2, 0.25) is 0 Å². The molecular formula is C19H22N6O2S2. The van der Waals surface area contributed by atoms with Crippen molar-refractivity contribution in [3.05, 3.63) is 23.8 Å². The van der Waals surface area contributed by atoms with Crippen LogP contribution >= 0.6 is 23.1 Å². The number of benzene rings is 1. The van der Waals surface area contributed by atoms with E-state index in [4.69, 9.17) is 4.74 Å². The number of amides is 1. The number of carbonyl (C=O) groups excluding carboxylic acids is 1. The van der Waals surface area contributed by atoms with E-state index in [9.17, 15) is 4.79 Å². The second-order valence-corrected chi connectivity index (χ2v) is 9.28. The van der Waals surface area contributed by atoms with E-state index in [0.29, 0.717) is 24.4 Å². The first-order chi connectivity index (χ1) is 14.2. The third kappa shape index (κ3) is 4.10. The summed E-state index contributed by atoms with van der Waals surface area (Å²) < 4.78 is 8.72. The fraction of sp³-hybridized carbons (Fsp3) is 0.474. The lowest BCUT2D eigenvalue weighted by atomic mass is 10.2. The van der Waals surface area contributed by atoms with E-state index in [1.54, 1.807) is 0 Å². The summed E-state index contributed by atoms with van der Waals surface area (Å²) in [5.74, 6) is 1.10. The second-order valence-electron chi connectivity index (χ2n) is 7.31. The number of thioether (sulfide) groups is 1. The molecule has 1 aromatic carbocycles. The van der Waals surface area contributed by atoms with E-state index < -0.39 is 0 Å². The number of nitrogens with one attached hydrogen (secondary N) is 1. The van der Waals surface area contributed by atoms with Crippen molar-refractivity contribution in [1.82, 2.24) is 19.7 Å². The second kappa shape index (κ2) is 7.92. The molecule has 29 heavy (non-hydrogen) atoms. The molecule has 1 saturated carbocycles. The molecule has 0 bridgehead atoms. The first-order valence-electron chi connectivity index (χ1n) is 9.75. The van der Waals surface area contributed by atoms with E-state index in [0.717, 1.165) is 47.3 Å². The van der Waals surface area contributed by atoms with Crippen molar-refractivity contribution in [3.8, 4) is 0 Å². The van der Waals surface area contributed by atoms with Crippen molar-refractivity contribution in [2.45, 2.75) is 31.0 Å². The molecule has 2 aliphatic rings. The maximum Gasteiger partial charge on any atom is 0.236 e. The number of carbonyl (C=O) groups is 1. The first kappa shape index (κ1) is 18.8. The lowest BCUT2D eigenvalue weighted by Gasteiger charge is -2.27. The molecule has 1 amide bonds. The highest BCUT2D eigenvalue weighted by Crippen LogP contribution is 2.41. The van der Waals surface area contributed by atoms with Gasteiger partial charge < -0.3 is 15.0 Å². The topological polar surface area (TPSA) is 85.2 Å². The number of hydrogen-bond donors (Lipinski definition) is 1. The van der Waals surface area contributed by atoms with Crippen molar-refractivity contribution >= 4 is 50.3 Å². The van der Waals surface area contributed by atoms with Crippen molar-refractivity contribution in [2.75, 3.05) is 42.3 Å². The van der Waals surface area contributed by atoms with Gasteiger partial charge in [-0.1, -0.05) is 29.2 Å². The van der Waals surface area contributed by atoms with E-state index in [1.807, 2.05) is 12.1 Å². The van der Waals surface area contributed by atoms with Crippen LogP contribution in [0, 0.1) is 6.92 Å². The maximum absolute atomic E-state index is 12.5. The van der Waals surface area contributed by atoms with Crippen LogP contribution in [0.25, 0.3) is 10.2 Å². The monoisotopic (exact) mass is 430 g/mol. The molecule has 0 atom stereocenters. The molecule has 1 aliphatic carbocycles. The van der Waals surface area contributed by atoms with Gasteiger partial charge in [-0.2, -0.15) is 0 Å². The molecule has 10 heteroatoms. The Morgan fingerprint density at radius 2 is 2.14 bits per heavy atom. The first-order valence-corrected chi connectivity index (χ1v) is 11.5. The number of fused-ring (bicyclic) bond motifs is 1. The van der Waals surface area contributed by atoms with Crippen LogP contribution in [0.3, 0.4) is 0 Å². The molecule has 1 aliphatic heterocycles. The molecule has 0 spiro atoms. The van der Waals surface area contributed by atoms with Gasteiger partial charge in [-0.25, -0.2) is 4.98 Å². The van der Waals surface area contributed by atoms with Crippen molar-refractivity contribution in [2.24, 2.45) is 0 Å². The molecule has 3 aromatic rings. The van der Waals surface area contributed by atoms with Crippen LogP contribution in [-0.2, 0) is 9.53 Å². The Morgan fingerprint density at radius 3 is 2.93 bits per heavy atom. The average Bonchev–Trinajstić information content (AvgIpc) is 3.35. The minimum Gasteiger partial charge on any atom is -0.378 e. The molecular weight excluding hydrogens is 408 g/mol. The van der Waals surface area contributed by atoms with Crippen molar-refractivity contribution in [3.63, 3.8) is 0 Å². The molecule has 2 fully saturated rings. The van der Waals surface area contributed by atoms with Gasteiger partial charge in [0.25, 0.3) is 0 Å². The summed E-state index contributed by atoms with van der Waals surface area (Å²) in [5.41, 5.74) is 2.09. The van der Waals surface area contributed by atoms with E-state index >= 15 is 0 Å². The third-order valence-corrected chi connectivity index (χ3v) is 6.85. The molecule has 0 radical (unpaired) electrons. The number of nitrogens with zero attached hydrogens (tertiary/aromatic N) is 5. The van der Waals surface area contributed by atoms with Crippen LogP contribution in [0.5, 0.6) is 0 Å². The fourth-order valence-corrected chi connectivity index (χ4v) is 5.15. The average molecular weight is 431 g/mol. The van der Waals surface area contributed by atoms with Gasteiger partial charge in [0.1, 0.15) is 0 Å². The Balaban J connectivity index is 1.25. The third-order valence-electron chi connectivity index (χ3n) is 4.98. The zero-order valence-corrected chi connectivity index (χ0v) is 17.8. The summed E-state index contributed by atoms with van der Waals surface area (Å²) in [7, 11) is 0. The lowest BCUT2D eigenvalue weighted by Crippen LogP contribution is -2.38. The minimum absolute atomic E-state index is 0.0796. The van der Waals surface area contributed by atoms with Gasteiger partial charge >= 0.3 is 0 Å². The molecule has 0 unspecified atom stereocenters. The van der Waals surface area contributed by atoms with Gasteiger partial charge in [-0.3, -0.25) is 9.36 Å².